The van der Waals surface area contributed by atoms with Crippen LogP contribution in [-0.2, 0) is 10.2 Å². The van der Waals surface area contributed by atoms with Crippen LogP contribution in [0.3, 0.4) is 0 Å². The van der Waals surface area contributed by atoms with Gasteiger partial charge in [-0.3, -0.25) is 4.79 Å². The van der Waals surface area contributed by atoms with Gasteiger partial charge in [0.15, 0.2) is 0 Å². The van der Waals surface area contributed by atoms with Crippen molar-refractivity contribution in [3.05, 3.63) is 56.8 Å². The molecule has 2 rings (SSSR count). The second-order valence-corrected chi connectivity index (χ2v) is 5.89. The van der Waals surface area contributed by atoms with Gasteiger partial charge in [0.05, 0.1) is 5.41 Å². The van der Waals surface area contributed by atoms with Crippen LogP contribution in [0.25, 0.3) is 0 Å². The van der Waals surface area contributed by atoms with Gasteiger partial charge in [-0.15, -0.1) is 0 Å². The minimum atomic E-state index is -1.16. The number of aromatic amines is 1. The molecule has 5 nitrogen and oxygen atoms in total. The lowest BCUT2D eigenvalue weighted by molar-refractivity contribution is -0.120. The van der Waals surface area contributed by atoms with Crippen LogP contribution < -0.4 is 11.0 Å². The number of halogens is 2. The van der Waals surface area contributed by atoms with E-state index in [2.05, 4.69) is 15.3 Å². The molecule has 0 unspecified atom stereocenters. The van der Waals surface area contributed by atoms with Crippen molar-refractivity contribution in [3.8, 4) is 0 Å². The van der Waals surface area contributed by atoms with Crippen molar-refractivity contribution < 1.29 is 9.18 Å². The number of hydrogen-bond donors (Lipinski definition) is 2. The maximum atomic E-state index is 14.0. The Hall–Kier alpha value is -2.21. The third kappa shape index (κ3) is 3.33. The van der Waals surface area contributed by atoms with E-state index in [0.29, 0.717) is 5.69 Å². The first-order valence-corrected chi connectivity index (χ1v) is 6.93. The van der Waals surface area contributed by atoms with E-state index < -0.39 is 22.8 Å². The number of carbonyl (C=O) groups excluding carboxylic acids is 1. The van der Waals surface area contributed by atoms with E-state index in [1.807, 2.05) is 0 Å². The summed E-state index contributed by atoms with van der Waals surface area (Å²) >= 11 is 5.72. The molecule has 0 saturated heterocycles. The molecule has 0 aliphatic rings. The van der Waals surface area contributed by atoms with Gasteiger partial charge in [-0.25, -0.2) is 9.18 Å². The molecule has 0 saturated carbocycles. The van der Waals surface area contributed by atoms with Crippen LogP contribution in [0.4, 0.5) is 10.2 Å². The normalized spacial score (nSPS) is 11.3. The average Bonchev–Trinajstić information content (AvgIpc) is 2.36. The van der Waals surface area contributed by atoms with Crippen LogP contribution in [0.2, 0.25) is 5.02 Å². The molecular formula is C15H15ClFN3O2. The minimum absolute atomic E-state index is 0.119. The van der Waals surface area contributed by atoms with Crippen LogP contribution in [0, 0.1) is 12.7 Å². The van der Waals surface area contributed by atoms with Gasteiger partial charge in [-0.05, 0) is 32.9 Å². The molecule has 7 heteroatoms. The number of rotatable bonds is 3. The molecule has 1 aromatic carbocycles. The standard InChI is InChI=1S/C15H15ClFN3O2/c1-8-6-12(20-14(22)18-8)19-13(21)15(2,3)10-5-4-9(16)7-11(10)17/h4-7H,1-3H3,(H2,18,19,20,21,22). The molecule has 0 aliphatic heterocycles. The fraction of sp³-hybridized carbons (Fsp3) is 0.267. The first-order chi connectivity index (χ1) is 10.2. The molecule has 0 radical (unpaired) electrons. The summed E-state index contributed by atoms with van der Waals surface area (Å²) < 4.78 is 14.0. The summed E-state index contributed by atoms with van der Waals surface area (Å²) in [5.41, 5.74) is -0.958. The summed E-state index contributed by atoms with van der Waals surface area (Å²) in [7, 11) is 0. The summed E-state index contributed by atoms with van der Waals surface area (Å²) in [5, 5.41) is 2.79. The lowest BCUT2D eigenvalue weighted by Crippen LogP contribution is -2.36. The minimum Gasteiger partial charge on any atom is -0.310 e. The van der Waals surface area contributed by atoms with Crippen molar-refractivity contribution in [2.75, 3.05) is 5.32 Å². The predicted molar refractivity (Wildman–Crippen MR) is 82.7 cm³/mol. The monoisotopic (exact) mass is 323 g/mol. The highest BCUT2D eigenvalue weighted by Crippen LogP contribution is 2.28. The van der Waals surface area contributed by atoms with Gasteiger partial charge in [0, 0.05) is 22.3 Å². The zero-order valence-corrected chi connectivity index (χ0v) is 13.1. The first kappa shape index (κ1) is 16.2. The fourth-order valence-electron chi connectivity index (χ4n) is 2.03. The third-order valence-electron chi connectivity index (χ3n) is 3.29. The summed E-state index contributed by atoms with van der Waals surface area (Å²) in [6, 6.07) is 5.66. The van der Waals surface area contributed by atoms with Crippen LogP contribution in [0.15, 0.2) is 29.1 Å². The Bertz CT molecular complexity index is 787. The zero-order valence-electron chi connectivity index (χ0n) is 12.3. The number of hydrogen-bond acceptors (Lipinski definition) is 3. The Kier molecular flexibility index (Phi) is 4.32. The lowest BCUT2D eigenvalue weighted by Gasteiger charge is -2.24. The largest absolute Gasteiger partial charge is 0.347 e. The highest BCUT2D eigenvalue weighted by atomic mass is 35.5. The van der Waals surface area contributed by atoms with Crippen LogP contribution >= 0.6 is 11.6 Å². The molecule has 22 heavy (non-hydrogen) atoms. The number of anilines is 1. The second-order valence-electron chi connectivity index (χ2n) is 5.46. The summed E-state index contributed by atoms with van der Waals surface area (Å²) in [5.74, 6) is -0.928. The fourth-order valence-corrected chi connectivity index (χ4v) is 2.19. The summed E-state index contributed by atoms with van der Waals surface area (Å²) in [4.78, 5) is 29.9. The Morgan fingerprint density at radius 1 is 1.36 bits per heavy atom. The van der Waals surface area contributed by atoms with Crippen molar-refractivity contribution in [2.24, 2.45) is 0 Å². The number of H-pyrrole nitrogens is 1. The lowest BCUT2D eigenvalue weighted by atomic mass is 9.83. The van der Waals surface area contributed by atoms with Crippen molar-refractivity contribution in [1.82, 2.24) is 9.97 Å². The number of amides is 1. The van der Waals surface area contributed by atoms with Gasteiger partial charge in [-0.2, -0.15) is 4.98 Å². The summed E-state index contributed by atoms with van der Waals surface area (Å²) in [6.45, 7) is 4.83. The second kappa shape index (κ2) is 5.88. The van der Waals surface area contributed by atoms with Crippen molar-refractivity contribution >= 4 is 23.3 Å². The summed E-state index contributed by atoms with van der Waals surface area (Å²) in [6.07, 6.45) is 0. The SMILES string of the molecule is Cc1cc(NC(=O)C(C)(C)c2ccc(Cl)cc2F)nc(=O)[nH]1. The number of aromatic nitrogens is 2. The van der Waals surface area contributed by atoms with E-state index in [1.165, 1.54) is 18.2 Å². The highest BCUT2D eigenvalue weighted by molar-refractivity contribution is 6.30. The molecule has 116 valence electrons. The number of carbonyl (C=O) groups is 1. The first-order valence-electron chi connectivity index (χ1n) is 6.55. The average molecular weight is 324 g/mol. The molecule has 0 bridgehead atoms. The quantitative estimate of drug-likeness (QED) is 0.912. The van der Waals surface area contributed by atoms with Crippen molar-refractivity contribution in [2.45, 2.75) is 26.2 Å². The topological polar surface area (TPSA) is 74.8 Å². The van der Waals surface area contributed by atoms with Gasteiger partial charge in [-0.1, -0.05) is 17.7 Å². The Morgan fingerprint density at radius 2 is 2.05 bits per heavy atom. The van der Waals surface area contributed by atoms with Gasteiger partial charge < -0.3 is 10.3 Å². The third-order valence-corrected chi connectivity index (χ3v) is 3.53. The predicted octanol–water partition coefficient (Wildman–Crippen LogP) is 2.79. The van der Waals surface area contributed by atoms with E-state index in [0.717, 1.165) is 6.07 Å². The molecular weight excluding hydrogens is 309 g/mol. The van der Waals surface area contributed by atoms with Crippen LogP contribution in [-0.4, -0.2) is 15.9 Å². The van der Waals surface area contributed by atoms with Gasteiger partial charge >= 0.3 is 5.69 Å². The zero-order chi connectivity index (χ0) is 16.5. The maximum absolute atomic E-state index is 14.0. The van der Waals surface area contributed by atoms with Gasteiger partial charge in [0.2, 0.25) is 5.91 Å². The van der Waals surface area contributed by atoms with E-state index >= 15 is 0 Å². The van der Waals surface area contributed by atoms with Crippen LogP contribution in [0.5, 0.6) is 0 Å². The number of benzene rings is 1. The Labute approximate surface area is 131 Å². The number of nitrogens with zero attached hydrogens (tertiary/aromatic N) is 1. The molecule has 0 spiro atoms. The molecule has 0 aliphatic carbocycles. The number of nitrogens with one attached hydrogen (secondary N) is 2. The molecule has 1 heterocycles. The molecule has 1 amide bonds. The van der Waals surface area contributed by atoms with Gasteiger partial charge in [0.25, 0.3) is 0 Å². The molecule has 0 fully saturated rings. The molecule has 1 aromatic heterocycles. The highest BCUT2D eigenvalue weighted by Gasteiger charge is 2.32. The smallest absolute Gasteiger partial charge is 0.310 e. The van der Waals surface area contributed by atoms with Crippen molar-refractivity contribution in [1.29, 1.82) is 0 Å². The van der Waals surface area contributed by atoms with E-state index in [-0.39, 0.29) is 16.4 Å². The van der Waals surface area contributed by atoms with E-state index in [1.54, 1.807) is 20.8 Å². The van der Waals surface area contributed by atoms with E-state index in [9.17, 15) is 14.0 Å². The molecule has 2 aromatic rings. The Balaban J connectivity index is 2.32. The van der Waals surface area contributed by atoms with Crippen molar-refractivity contribution in [3.63, 3.8) is 0 Å². The number of aryl methyl sites for hydroxylation is 1. The Morgan fingerprint density at radius 3 is 2.64 bits per heavy atom. The van der Waals surface area contributed by atoms with Gasteiger partial charge in [0.1, 0.15) is 11.6 Å². The molecule has 2 N–H and O–H groups in total. The maximum Gasteiger partial charge on any atom is 0.347 e. The molecule has 0 atom stereocenters. The van der Waals surface area contributed by atoms with E-state index in [4.69, 9.17) is 11.6 Å². The van der Waals surface area contributed by atoms with Crippen LogP contribution in [0.1, 0.15) is 25.1 Å².